The van der Waals surface area contributed by atoms with E-state index in [1.165, 1.54) is 12.1 Å². The number of amides is 1. The second-order valence-corrected chi connectivity index (χ2v) is 4.77. The molecule has 1 aliphatic rings. The van der Waals surface area contributed by atoms with E-state index < -0.39 is 11.4 Å². The molecular weight excluding hydrogens is 221 g/mol. The molecule has 1 N–H and O–H groups in total. The highest BCUT2D eigenvalue weighted by Gasteiger charge is 2.30. The maximum Gasteiger partial charge on any atom is 0.256 e. The molecule has 1 aliphatic heterocycles. The van der Waals surface area contributed by atoms with Crippen molar-refractivity contribution in [3.63, 3.8) is 0 Å². The van der Waals surface area contributed by atoms with E-state index in [0.29, 0.717) is 25.9 Å². The highest BCUT2D eigenvalue weighted by Crippen LogP contribution is 2.22. The van der Waals surface area contributed by atoms with Crippen LogP contribution in [-0.2, 0) is 0 Å². The first kappa shape index (κ1) is 12.0. The topological polar surface area (TPSA) is 40.5 Å². The van der Waals surface area contributed by atoms with Gasteiger partial charge in [-0.3, -0.25) is 4.79 Å². The summed E-state index contributed by atoms with van der Waals surface area (Å²) in [6, 6.07) is 5.99. The number of carbonyl (C=O) groups is 1. The lowest BCUT2D eigenvalue weighted by atomic mass is 9.93. The van der Waals surface area contributed by atoms with Crippen LogP contribution in [-0.4, -0.2) is 34.6 Å². The fourth-order valence-corrected chi connectivity index (χ4v) is 2.00. The molecule has 1 aromatic rings. The molecule has 0 saturated carbocycles. The molecule has 0 spiro atoms. The molecule has 0 aliphatic carbocycles. The maximum absolute atomic E-state index is 13.5. The molecule has 1 heterocycles. The number of piperidine rings is 1. The molecule has 1 fully saturated rings. The Kier molecular flexibility index (Phi) is 3.15. The molecule has 3 nitrogen and oxygen atoms in total. The van der Waals surface area contributed by atoms with E-state index in [9.17, 15) is 14.3 Å². The van der Waals surface area contributed by atoms with Crippen LogP contribution in [0.5, 0.6) is 0 Å². The van der Waals surface area contributed by atoms with Gasteiger partial charge in [-0.05, 0) is 31.9 Å². The number of benzene rings is 1. The van der Waals surface area contributed by atoms with Crippen molar-refractivity contribution >= 4 is 5.91 Å². The first-order valence-corrected chi connectivity index (χ1v) is 5.76. The lowest BCUT2D eigenvalue weighted by molar-refractivity contribution is -0.00213. The fraction of sp³-hybridized carbons (Fsp3) is 0.462. The van der Waals surface area contributed by atoms with Crippen molar-refractivity contribution < 1.29 is 14.3 Å². The summed E-state index contributed by atoms with van der Waals surface area (Å²) in [5.41, 5.74) is -0.597. The smallest absolute Gasteiger partial charge is 0.256 e. The molecule has 0 aromatic heterocycles. The predicted molar refractivity (Wildman–Crippen MR) is 62.2 cm³/mol. The molecule has 0 radical (unpaired) electrons. The number of aliphatic hydroxyl groups is 1. The maximum atomic E-state index is 13.5. The average molecular weight is 237 g/mol. The third kappa shape index (κ3) is 2.64. The van der Waals surface area contributed by atoms with Crippen LogP contribution in [0.4, 0.5) is 4.39 Å². The Hall–Kier alpha value is -1.42. The van der Waals surface area contributed by atoms with Crippen molar-refractivity contribution in [3.05, 3.63) is 35.6 Å². The number of carbonyl (C=O) groups excluding carboxylic acids is 1. The third-order valence-electron chi connectivity index (χ3n) is 3.23. The minimum absolute atomic E-state index is 0.106. The van der Waals surface area contributed by atoms with E-state index in [4.69, 9.17) is 0 Å². The number of rotatable bonds is 1. The van der Waals surface area contributed by atoms with Crippen LogP contribution in [0.25, 0.3) is 0 Å². The van der Waals surface area contributed by atoms with Crippen molar-refractivity contribution in [2.45, 2.75) is 25.4 Å². The predicted octanol–water partition coefficient (Wildman–Crippen LogP) is 1.81. The van der Waals surface area contributed by atoms with Gasteiger partial charge in [0, 0.05) is 13.1 Å². The summed E-state index contributed by atoms with van der Waals surface area (Å²) < 4.78 is 13.5. The third-order valence-corrected chi connectivity index (χ3v) is 3.23. The standard InChI is InChI=1S/C13H16FNO2/c1-13(17)6-8-15(9-7-13)12(16)10-4-2-3-5-11(10)14/h2-5,17H,6-9H2,1H3. The highest BCUT2D eigenvalue weighted by molar-refractivity contribution is 5.94. The van der Waals surface area contributed by atoms with E-state index in [1.54, 1.807) is 24.0 Å². The molecule has 0 atom stereocenters. The Balaban J connectivity index is 2.10. The Morgan fingerprint density at radius 1 is 1.35 bits per heavy atom. The Bertz CT molecular complexity index is 421. The van der Waals surface area contributed by atoms with Crippen molar-refractivity contribution in [1.82, 2.24) is 4.90 Å². The molecule has 0 unspecified atom stereocenters. The molecule has 4 heteroatoms. The van der Waals surface area contributed by atoms with Crippen LogP contribution in [0.15, 0.2) is 24.3 Å². The minimum Gasteiger partial charge on any atom is -0.390 e. The first-order chi connectivity index (χ1) is 7.99. The summed E-state index contributed by atoms with van der Waals surface area (Å²) in [5.74, 6) is -0.784. The van der Waals surface area contributed by atoms with Crippen LogP contribution in [0.1, 0.15) is 30.1 Å². The molecule has 1 saturated heterocycles. The second kappa shape index (κ2) is 4.45. The van der Waals surface area contributed by atoms with Gasteiger partial charge in [-0.1, -0.05) is 12.1 Å². The quantitative estimate of drug-likeness (QED) is 0.809. The lowest BCUT2D eigenvalue weighted by Crippen LogP contribution is -2.45. The van der Waals surface area contributed by atoms with Crippen molar-refractivity contribution in [2.24, 2.45) is 0 Å². The number of likely N-dealkylation sites (tertiary alicyclic amines) is 1. The summed E-state index contributed by atoms with van der Waals surface area (Å²) in [7, 11) is 0. The summed E-state index contributed by atoms with van der Waals surface area (Å²) in [4.78, 5) is 13.6. The number of hydrogen-bond donors (Lipinski definition) is 1. The average Bonchev–Trinajstić information content (AvgIpc) is 2.29. The van der Waals surface area contributed by atoms with Gasteiger partial charge in [-0.2, -0.15) is 0 Å². The molecule has 92 valence electrons. The van der Waals surface area contributed by atoms with E-state index >= 15 is 0 Å². The Morgan fingerprint density at radius 3 is 2.53 bits per heavy atom. The summed E-state index contributed by atoms with van der Waals surface area (Å²) >= 11 is 0. The number of nitrogens with zero attached hydrogens (tertiary/aromatic N) is 1. The monoisotopic (exact) mass is 237 g/mol. The van der Waals surface area contributed by atoms with Gasteiger partial charge in [0.05, 0.1) is 11.2 Å². The van der Waals surface area contributed by atoms with Crippen LogP contribution in [0, 0.1) is 5.82 Å². The largest absolute Gasteiger partial charge is 0.390 e. The second-order valence-electron chi connectivity index (χ2n) is 4.77. The minimum atomic E-state index is -0.702. The van der Waals surface area contributed by atoms with Gasteiger partial charge in [-0.25, -0.2) is 4.39 Å². The summed E-state index contributed by atoms with van der Waals surface area (Å²) in [5, 5.41) is 9.79. The number of hydrogen-bond acceptors (Lipinski definition) is 2. The van der Waals surface area contributed by atoms with Crippen molar-refractivity contribution in [1.29, 1.82) is 0 Å². The molecule has 0 bridgehead atoms. The number of halogens is 1. The molecular formula is C13H16FNO2. The van der Waals surface area contributed by atoms with Gasteiger partial charge in [0.15, 0.2) is 0 Å². The van der Waals surface area contributed by atoms with E-state index in [0.717, 1.165) is 0 Å². The van der Waals surface area contributed by atoms with Crippen LogP contribution in [0.2, 0.25) is 0 Å². The van der Waals surface area contributed by atoms with Gasteiger partial charge >= 0.3 is 0 Å². The first-order valence-electron chi connectivity index (χ1n) is 5.76. The van der Waals surface area contributed by atoms with Crippen LogP contribution < -0.4 is 0 Å². The van der Waals surface area contributed by atoms with Gasteiger partial charge in [0.1, 0.15) is 5.82 Å². The molecule has 17 heavy (non-hydrogen) atoms. The van der Waals surface area contributed by atoms with Crippen LogP contribution >= 0.6 is 0 Å². The van der Waals surface area contributed by atoms with E-state index in [2.05, 4.69) is 0 Å². The van der Waals surface area contributed by atoms with Crippen molar-refractivity contribution in [3.8, 4) is 0 Å². The Labute approximate surface area is 99.9 Å². The van der Waals surface area contributed by atoms with E-state index in [1.807, 2.05) is 0 Å². The zero-order chi connectivity index (χ0) is 12.5. The van der Waals surface area contributed by atoms with Gasteiger partial charge in [0.25, 0.3) is 5.91 Å². The zero-order valence-corrected chi connectivity index (χ0v) is 9.82. The molecule has 1 aromatic carbocycles. The zero-order valence-electron chi connectivity index (χ0n) is 9.82. The van der Waals surface area contributed by atoms with Crippen LogP contribution in [0.3, 0.4) is 0 Å². The lowest BCUT2D eigenvalue weighted by Gasteiger charge is -2.35. The summed E-state index contributed by atoms with van der Waals surface area (Å²) in [6.45, 7) is 2.71. The summed E-state index contributed by atoms with van der Waals surface area (Å²) in [6.07, 6.45) is 1.07. The fourth-order valence-electron chi connectivity index (χ4n) is 2.00. The Morgan fingerprint density at radius 2 is 1.94 bits per heavy atom. The SMILES string of the molecule is CC1(O)CCN(C(=O)c2ccccc2F)CC1. The van der Waals surface area contributed by atoms with Gasteiger partial charge < -0.3 is 10.0 Å². The highest BCUT2D eigenvalue weighted by atomic mass is 19.1. The van der Waals surface area contributed by atoms with Crippen molar-refractivity contribution in [2.75, 3.05) is 13.1 Å². The molecule has 1 amide bonds. The molecule has 2 rings (SSSR count). The normalized spacial score (nSPS) is 19.1. The van der Waals surface area contributed by atoms with E-state index in [-0.39, 0.29) is 11.5 Å². The van der Waals surface area contributed by atoms with Gasteiger partial charge in [0.2, 0.25) is 0 Å². The van der Waals surface area contributed by atoms with Gasteiger partial charge in [-0.15, -0.1) is 0 Å².